The first-order valence-corrected chi connectivity index (χ1v) is 16.0. The molecule has 226 valence electrons. The molecule has 43 heavy (non-hydrogen) atoms. The Morgan fingerprint density at radius 3 is 2.40 bits per heavy atom. The van der Waals surface area contributed by atoms with Gasteiger partial charge in [0, 0.05) is 46.4 Å². The summed E-state index contributed by atoms with van der Waals surface area (Å²) in [6, 6.07) is 8.96. The summed E-state index contributed by atoms with van der Waals surface area (Å²) in [5, 5.41) is 20.6. The lowest BCUT2D eigenvalue weighted by Crippen LogP contribution is -2.65. The standard InChI is InChI=1S/C18H21NO3.C17H19NO3/c1-19-8-7-18-11-4-5-13(20)17(18)22-16-14(21-2)6-3-10(15(16)18)9-12(11)19;1-18-7-6-17-10-3-5-13(20)16(17)21-15-12(19)4-2-9(14(15)17)8-11(10)18/h3,6,11-12,17H,4-5,7-9H2,1-2H3;2-5,10-11,13,16,19-20H,6-8H2,1H3/t11-,12+,17-,18-;10-,11+,13-,16-,17-/m00/s1. The fraction of sp³-hybridized carbons (Fsp3) is 0.571. The van der Waals surface area contributed by atoms with E-state index >= 15 is 0 Å². The van der Waals surface area contributed by atoms with Gasteiger partial charge in [-0.05, 0) is 88.5 Å². The smallest absolute Gasteiger partial charge is 0.174 e. The van der Waals surface area contributed by atoms with Crippen LogP contribution in [0.2, 0.25) is 0 Å². The number of Topliss-reactive ketones (excluding diaryl/α,β-unsaturated/α-hetero) is 1. The minimum absolute atomic E-state index is 0.0933. The molecule has 2 N–H and O–H groups in total. The van der Waals surface area contributed by atoms with Crippen molar-refractivity contribution in [1.29, 1.82) is 0 Å². The zero-order valence-electron chi connectivity index (χ0n) is 25.1. The number of carbonyl (C=O) groups excluding carboxylic acids is 1. The number of ether oxygens (including phenoxy) is 3. The van der Waals surface area contributed by atoms with Crippen molar-refractivity contribution in [3.8, 4) is 23.0 Å². The van der Waals surface area contributed by atoms with Gasteiger partial charge < -0.3 is 34.2 Å². The number of carbonyl (C=O) groups is 1. The fourth-order valence-electron chi connectivity index (χ4n) is 10.9. The zero-order valence-corrected chi connectivity index (χ0v) is 25.1. The Labute approximate surface area is 252 Å². The average Bonchev–Trinajstić information content (AvgIpc) is 3.55. The van der Waals surface area contributed by atoms with Crippen molar-refractivity contribution in [3.05, 3.63) is 58.7 Å². The van der Waals surface area contributed by atoms with Gasteiger partial charge in [0.05, 0.1) is 7.11 Å². The van der Waals surface area contributed by atoms with Crippen LogP contribution in [0.1, 0.15) is 47.9 Å². The Kier molecular flexibility index (Phi) is 5.37. The topological polar surface area (TPSA) is 91.7 Å². The number of piperidine rings is 2. The predicted molar refractivity (Wildman–Crippen MR) is 159 cm³/mol. The Morgan fingerprint density at radius 2 is 1.60 bits per heavy atom. The van der Waals surface area contributed by atoms with Crippen molar-refractivity contribution in [2.45, 2.75) is 79.8 Å². The summed E-state index contributed by atoms with van der Waals surface area (Å²) < 4.78 is 17.9. The number of benzene rings is 2. The number of likely N-dealkylation sites (tertiary alicyclic amines) is 2. The molecular formula is C35H40N2O6. The highest BCUT2D eigenvalue weighted by Gasteiger charge is 2.66. The second kappa shape index (κ2) is 8.77. The van der Waals surface area contributed by atoms with E-state index in [1.807, 2.05) is 18.2 Å². The van der Waals surface area contributed by atoms with Crippen LogP contribution in [0.4, 0.5) is 0 Å². The van der Waals surface area contributed by atoms with Gasteiger partial charge in [-0.3, -0.25) is 4.79 Å². The van der Waals surface area contributed by atoms with Crippen molar-refractivity contribution in [3.63, 3.8) is 0 Å². The molecule has 4 aliphatic carbocycles. The van der Waals surface area contributed by atoms with E-state index in [4.69, 9.17) is 14.2 Å². The molecule has 0 aromatic heterocycles. The molecule has 2 saturated heterocycles. The molecular weight excluding hydrogens is 544 g/mol. The summed E-state index contributed by atoms with van der Waals surface area (Å²) in [6.45, 7) is 2.06. The van der Waals surface area contributed by atoms with Crippen molar-refractivity contribution in [2.24, 2.45) is 11.8 Å². The average molecular weight is 585 g/mol. The zero-order chi connectivity index (χ0) is 29.4. The van der Waals surface area contributed by atoms with Crippen molar-refractivity contribution >= 4 is 5.78 Å². The summed E-state index contributed by atoms with van der Waals surface area (Å²) in [7, 11) is 6.10. The van der Waals surface area contributed by atoms with Gasteiger partial charge in [0.2, 0.25) is 0 Å². The third kappa shape index (κ3) is 3.10. The van der Waals surface area contributed by atoms with E-state index in [-0.39, 0.29) is 34.6 Å². The minimum atomic E-state index is -0.594. The maximum Gasteiger partial charge on any atom is 0.174 e. The number of rotatable bonds is 1. The van der Waals surface area contributed by atoms with Gasteiger partial charge in [0.25, 0.3) is 0 Å². The molecule has 2 aromatic rings. The number of phenolic OH excluding ortho intramolecular Hbond substituents is 1. The molecule has 10 rings (SSSR count). The second-order valence-electron chi connectivity index (χ2n) is 14.2. The number of aliphatic hydroxyl groups excluding tert-OH is 1. The maximum absolute atomic E-state index is 12.6. The number of methoxy groups -OCH3 is 1. The number of phenols is 1. The molecule has 3 fully saturated rings. The van der Waals surface area contributed by atoms with E-state index in [0.29, 0.717) is 36.1 Å². The normalized spacial score (nSPS) is 40.5. The van der Waals surface area contributed by atoms with Crippen LogP contribution in [-0.2, 0) is 28.5 Å². The maximum atomic E-state index is 12.6. The van der Waals surface area contributed by atoms with Crippen LogP contribution in [0.3, 0.4) is 0 Å². The first kappa shape index (κ1) is 26.3. The van der Waals surface area contributed by atoms with E-state index in [1.165, 1.54) is 22.3 Å². The van der Waals surface area contributed by atoms with E-state index in [9.17, 15) is 15.0 Å². The Hall–Kier alpha value is -3.07. The molecule has 0 unspecified atom stereocenters. The first-order chi connectivity index (χ1) is 20.8. The molecule has 4 heterocycles. The number of hydrogen-bond donors (Lipinski definition) is 2. The Balaban J connectivity index is 0.000000121. The van der Waals surface area contributed by atoms with Gasteiger partial charge in [0.15, 0.2) is 34.9 Å². The van der Waals surface area contributed by atoms with E-state index in [0.717, 1.165) is 56.7 Å². The van der Waals surface area contributed by atoms with Gasteiger partial charge in [-0.1, -0.05) is 24.3 Å². The Bertz CT molecular complexity index is 1590. The summed E-state index contributed by atoms with van der Waals surface area (Å²) in [5.74, 6) is 3.65. The summed E-state index contributed by atoms with van der Waals surface area (Å²) in [6.07, 6.45) is 8.65. The van der Waals surface area contributed by atoms with Crippen LogP contribution in [0.15, 0.2) is 36.4 Å². The van der Waals surface area contributed by atoms with Crippen LogP contribution in [0.5, 0.6) is 23.0 Å². The monoisotopic (exact) mass is 584 g/mol. The second-order valence-corrected chi connectivity index (χ2v) is 14.2. The summed E-state index contributed by atoms with van der Waals surface area (Å²) in [5.41, 5.74) is 4.86. The molecule has 0 radical (unpaired) electrons. The molecule has 4 aliphatic heterocycles. The van der Waals surface area contributed by atoms with E-state index in [2.05, 4.69) is 36.0 Å². The van der Waals surface area contributed by atoms with Crippen LogP contribution in [0, 0.1) is 11.8 Å². The van der Waals surface area contributed by atoms with Gasteiger partial charge in [-0.25, -0.2) is 0 Å². The van der Waals surface area contributed by atoms with Gasteiger partial charge in [-0.15, -0.1) is 0 Å². The number of hydrogen-bond acceptors (Lipinski definition) is 8. The van der Waals surface area contributed by atoms with Gasteiger partial charge in [0.1, 0.15) is 12.2 Å². The molecule has 1 saturated carbocycles. The van der Waals surface area contributed by atoms with Crippen molar-refractivity contribution in [1.82, 2.24) is 9.80 Å². The van der Waals surface area contributed by atoms with Crippen LogP contribution >= 0.6 is 0 Å². The highest BCUT2D eigenvalue weighted by molar-refractivity contribution is 5.89. The molecule has 2 aromatic carbocycles. The lowest BCUT2D eigenvalue weighted by molar-refractivity contribution is -0.138. The molecule has 0 amide bonds. The summed E-state index contributed by atoms with van der Waals surface area (Å²) in [4.78, 5) is 17.5. The third-order valence-corrected chi connectivity index (χ3v) is 12.7. The number of ketones is 1. The molecule has 2 spiro atoms. The van der Waals surface area contributed by atoms with Crippen LogP contribution < -0.4 is 14.2 Å². The fourth-order valence-corrected chi connectivity index (χ4v) is 10.9. The third-order valence-electron chi connectivity index (χ3n) is 12.7. The molecule has 8 aliphatic rings. The summed E-state index contributed by atoms with van der Waals surface area (Å²) >= 11 is 0. The molecule has 9 atom stereocenters. The number of likely N-dealkylation sites (N-methyl/N-ethyl adjacent to an activating group) is 2. The number of aliphatic hydroxyl groups is 1. The number of nitrogens with zero attached hydrogens (tertiary/aromatic N) is 2. The van der Waals surface area contributed by atoms with E-state index < -0.39 is 6.10 Å². The number of aromatic hydroxyl groups is 1. The minimum Gasteiger partial charge on any atom is -0.504 e. The van der Waals surface area contributed by atoms with Crippen molar-refractivity contribution in [2.75, 3.05) is 34.3 Å². The van der Waals surface area contributed by atoms with Crippen molar-refractivity contribution < 1.29 is 29.2 Å². The molecule has 4 bridgehead atoms. The quantitative estimate of drug-likeness (QED) is 0.495. The predicted octanol–water partition coefficient (Wildman–Crippen LogP) is 3.13. The molecule has 8 heteroatoms. The highest BCUT2D eigenvalue weighted by atomic mass is 16.5. The largest absolute Gasteiger partial charge is 0.504 e. The first-order valence-electron chi connectivity index (χ1n) is 16.0. The van der Waals surface area contributed by atoms with Crippen LogP contribution in [0.25, 0.3) is 0 Å². The Morgan fingerprint density at radius 1 is 0.907 bits per heavy atom. The van der Waals surface area contributed by atoms with Crippen LogP contribution in [-0.4, -0.2) is 90.5 Å². The SMILES string of the molecule is CN1CC[C@]23c4c5ccc(O)c4O[C@H]2[C@@H](O)C=C[C@H]3[C@H]1C5.COc1ccc2c3c1O[C@H]1C(=O)CC[C@H]4[C@@H](C2)N(C)CC[C@]314. The lowest BCUT2D eigenvalue weighted by Gasteiger charge is -2.57. The van der Waals surface area contributed by atoms with Gasteiger partial charge in [-0.2, -0.15) is 0 Å². The van der Waals surface area contributed by atoms with Gasteiger partial charge >= 0.3 is 0 Å². The molecule has 8 nitrogen and oxygen atoms in total. The lowest BCUT2D eigenvalue weighted by atomic mass is 9.52. The highest BCUT2D eigenvalue weighted by Crippen LogP contribution is 2.64. The van der Waals surface area contributed by atoms with E-state index in [1.54, 1.807) is 13.2 Å².